The highest BCUT2D eigenvalue weighted by molar-refractivity contribution is 7.99. The molecule has 0 atom stereocenters. The van der Waals surface area contributed by atoms with Crippen LogP contribution in [-0.2, 0) is 23.1 Å². The van der Waals surface area contributed by atoms with Crippen molar-refractivity contribution in [3.63, 3.8) is 0 Å². The number of rotatable bonds is 7. The Kier molecular flexibility index (Phi) is 7.73. The molecule has 35 heavy (non-hydrogen) atoms. The van der Waals surface area contributed by atoms with E-state index in [9.17, 15) is 14.4 Å². The minimum atomic E-state index is -0.339. The van der Waals surface area contributed by atoms with E-state index >= 15 is 0 Å². The highest BCUT2D eigenvalue weighted by Crippen LogP contribution is 2.31. The molecule has 4 rings (SSSR count). The second kappa shape index (κ2) is 10.8. The fourth-order valence-electron chi connectivity index (χ4n) is 4.41. The number of aryl methyl sites for hydroxylation is 1. The van der Waals surface area contributed by atoms with Gasteiger partial charge in [0.05, 0.1) is 0 Å². The minimum Gasteiger partial charge on any atom is -0.410 e. The van der Waals surface area contributed by atoms with Crippen LogP contribution >= 0.6 is 11.8 Å². The summed E-state index contributed by atoms with van der Waals surface area (Å²) in [6.07, 6.45) is 2.84. The van der Waals surface area contributed by atoms with Gasteiger partial charge in [0.1, 0.15) is 5.75 Å². The van der Waals surface area contributed by atoms with Crippen LogP contribution < -0.4 is 4.74 Å². The van der Waals surface area contributed by atoms with Crippen LogP contribution in [0.1, 0.15) is 45.1 Å². The molecule has 1 aromatic carbocycles. The molecular weight excluding hydrogens is 468 g/mol. The van der Waals surface area contributed by atoms with Gasteiger partial charge in [-0.2, -0.15) is 0 Å². The maximum Gasteiger partial charge on any atom is 0.415 e. The second-order valence-corrected chi connectivity index (χ2v) is 11.0. The van der Waals surface area contributed by atoms with Crippen LogP contribution in [0.25, 0.3) is 0 Å². The number of ether oxygens (including phenoxy) is 1. The maximum atomic E-state index is 12.6. The van der Waals surface area contributed by atoms with Crippen LogP contribution in [0.4, 0.5) is 4.79 Å². The first-order valence-corrected chi connectivity index (χ1v) is 12.9. The average molecular weight is 501 g/mol. The van der Waals surface area contributed by atoms with E-state index < -0.39 is 0 Å². The molecule has 0 unspecified atom stereocenters. The molecule has 0 saturated carbocycles. The predicted octanol–water partition coefficient (Wildman–Crippen LogP) is 2.93. The smallest absolute Gasteiger partial charge is 0.410 e. The summed E-state index contributed by atoms with van der Waals surface area (Å²) in [5.74, 6) is 1.70. The lowest BCUT2D eigenvalue weighted by Crippen LogP contribution is -2.46. The van der Waals surface area contributed by atoms with Crippen molar-refractivity contribution < 1.29 is 19.1 Å². The fraction of sp³-hybridized carbons (Fsp3) is 0.583. The summed E-state index contributed by atoms with van der Waals surface area (Å²) in [5.41, 5.74) is 0.714. The molecule has 10 nitrogen and oxygen atoms in total. The van der Waals surface area contributed by atoms with Gasteiger partial charge in [0.25, 0.3) is 0 Å². The van der Waals surface area contributed by atoms with E-state index in [1.54, 1.807) is 33.5 Å². The molecule has 0 radical (unpaired) electrons. The van der Waals surface area contributed by atoms with E-state index in [1.165, 1.54) is 4.90 Å². The molecule has 1 aromatic heterocycles. The summed E-state index contributed by atoms with van der Waals surface area (Å²) in [7, 11) is 1.82. The number of amides is 3. The first-order chi connectivity index (χ1) is 16.7. The Labute approximate surface area is 209 Å². The molecule has 3 amide bonds. The third-order valence-corrected chi connectivity index (χ3v) is 7.76. The van der Waals surface area contributed by atoms with Gasteiger partial charge >= 0.3 is 6.09 Å². The van der Waals surface area contributed by atoms with Crippen molar-refractivity contribution in [2.24, 2.45) is 18.4 Å². The van der Waals surface area contributed by atoms with Crippen molar-refractivity contribution in [3.05, 3.63) is 29.8 Å². The van der Waals surface area contributed by atoms with Crippen LogP contribution in [0.2, 0.25) is 0 Å². The molecular formula is C24H32N6O4S. The Bertz CT molecular complexity index is 1040. The van der Waals surface area contributed by atoms with Crippen LogP contribution in [0.15, 0.2) is 29.4 Å². The van der Waals surface area contributed by atoms with E-state index in [-0.39, 0.29) is 23.3 Å². The Hall–Kier alpha value is -2.95. The Morgan fingerprint density at radius 1 is 1.11 bits per heavy atom. The van der Waals surface area contributed by atoms with Gasteiger partial charge in [-0.1, -0.05) is 37.7 Å². The molecule has 0 bridgehead atoms. The van der Waals surface area contributed by atoms with Crippen LogP contribution in [0, 0.1) is 11.3 Å². The highest BCUT2D eigenvalue weighted by Gasteiger charge is 2.37. The zero-order chi connectivity index (χ0) is 25.0. The number of imide groups is 1. The Morgan fingerprint density at radius 2 is 1.77 bits per heavy atom. The summed E-state index contributed by atoms with van der Waals surface area (Å²) in [6, 6.07) is 7.26. The predicted molar refractivity (Wildman–Crippen MR) is 130 cm³/mol. The number of nitrogens with zero attached hydrogens (tertiary/aromatic N) is 6. The summed E-state index contributed by atoms with van der Waals surface area (Å²) in [4.78, 5) is 40.4. The monoisotopic (exact) mass is 500 g/mol. The topological polar surface area (TPSA) is 111 Å². The lowest BCUT2D eigenvalue weighted by Gasteiger charge is -2.34. The molecule has 2 fully saturated rings. The average Bonchev–Trinajstić information content (AvgIpc) is 3.22. The molecule has 0 N–H and O–H groups in total. The number of carbonyl (C=O) groups is 3. The van der Waals surface area contributed by atoms with Gasteiger partial charge in [-0.15, -0.1) is 5.10 Å². The zero-order valence-electron chi connectivity index (χ0n) is 20.5. The van der Waals surface area contributed by atoms with Crippen molar-refractivity contribution >= 4 is 29.7 Å². The summed E-state index contributed by atoms with van der Waals surface area (Å²) < 4.78 is 7.23. The normalized spacial score (nSPS) is 18.7. The lowest BCUT2D eigenvalue weighted by atomic mass is 9.81. The number of likely N-dealkylation sites (tertiary alicyclic amines) is 2. The first-order valence-electron chi connectivity index (χ1n) is 11.9. The van der Waals surface area contributed by atoms with Crippen LogP contribution in [0.3, 0.4) is 0 Å². The van der Waals surface area contributed by atoms with E-state index in [2.05, 4.69) is 15.5 Å². The minimum absolute atomic E-state index is 0.107. The van der Waals surface area contributed by atoms with Gasteiger partial charge in [0.2, 0.25) is 17.0 Å². The maximum absolute atomic E-state index is 12.6. The fourth-order valence-corrected chi connectivity index (χ4v) is 5.44. The summed E-state index contributed by atoms with van der Waals surface area (Å²) >= 11 is 1.64. The Morgan fingerprint density at radius 3 is 2.37 bits per heavy atom. The number of carbonyl (C=O) groups excluding carboxylic acids is 3. The first kappa shape index (κ1) is 25.2. The van der Waals surface area contributed by atoms with Gasteiger partial charge in [-0.3, -0.25) is 14.5 Å². The van der Waals surface area contributed by atoms with E-state index in [0.717, 1.165) is 29.3 Å². The molecule has 3 heterocycles. The van der Waals surface area contributed by atoms with Crippen molar-refractivity contribution in [3.8, 4) is 5.75 Å². The largest absolute Gasteiger partial charge is 0.415 e. The van der Waals surface area contributed by atoms with Gasteiger partial charge < -0.3 is 9.64 Å². The molecule has 0 spiro atoms. The highest BCUT2D eigenvalue weighted by atomic mass is 32.2. The molecule has 2 aliphatic heterocycles. The van der Waals surface area contributed by atoms with Crippen molar-refractivity contribution in [2.75, 3.05) is 25.4 Å². The number of piperidine rings is 2. The zero-order valence-corrected chi connectivity index (χ0v) is 21.3. The molecule has 0 aliphatic carbocycles. The molecule has 188 valence electrons. The van der Waals surface area contributed by atoms with Crippen molar-refractivity contribution in [1.29, 1.82) is 0 Å². The van der Waals surface area contributed by atoms with Gasteiger partial charge in [0, 0.05) is 45.3 Å². The number of aromatic nitrogens is 4. The van der Waals surface area contributed by atoms with E-state index in [0.29, 0.717) is 50.6 Å². The molecule has 11 heteroatoms. The van der Waals surface area contributed by atoms with Gasteiger partial charge in [-0.05, 0) is 58.7 Å². The summed E-state index contributed by atoms with van der Waals surface area (Å²) in [6.45, 7) is 5.58. The number of hydrogen-bond donors (Lipinski definition) is 0. The van der Waals surface area contributed by atoms with Crippen molar-refractivity contribution in [2.45, 2.75) is 51.1 Å². The lowest BCUT2D eigenvalue weighted by molar-refractivity contribution is -0.152. The van der Waals surface area contributed by atoms with Crippen LogP contribution in [0.5, 0.6) is 5.75 Å². The summed E-state index contributed by atoms with van der Waals surface area (Å²) in [5, 5.41) is 12.3. The number of hydrogen-bond acceptors (Lipinski definition) is 8. The molecule has 2 saturated heterocycles. The molecule has 2 aliphatic rings. The van der Waals surface area contributed by atoms with Crippen molar-refractivity contribution in [1.82, 2.24) is 30.0 Å². The second-order valence-electron chi connectivity index (χ2n) is 10.0. The van der Waals surface area contributed by atoms with Gasteiger partial charge in [-0.25, -0.2) is 9.48 Å². The number of thioether (sulfide) groups is 1. The molecule has 2 aromatic rings. The van der Waals surface area contributed by atoms with E-state index in [4.69, 9.17) is 4.74 Å². The third kappa shape index (κ3) is 6.59. The van der Waals surface area contributed by atoms with Gasteiger partial charge in [0.15, 0.2) is 0 Å². The standard InChI is InChI=1S/C24H32N6O4S/c1-24(2)14-20(31)30(21(32)15-24)13-10-17-4-6-19(7-5-17)34-23(33)29-11-8-18(9-12-29)16-35-22-25-26-27-28(22)3/h4-7,18H,8-16H2,1-3H3. The SMILES string of the molecule is Cn1nnnc1SCC1CCN(C(=O)Oc2ccc(CCN3C(=O)CC(C)(C)CC3=O)cc2)CC1. The number of tetrazole rings is 1. The van der Waals surface area contributed by atoms with E-state index in [1.807, 2.05) is 33.0 Å². The quantitative estimate of drug-likeness (QED) is 0.422. The Balaban J connectivity index is 1.19. The van der Waals surface area contributed by atoms with Crippen LogP contribution in [-0.4, -0.2) is 73.3 Å². The third-order valence-electron chi connectivity index (χ3n) is 6.52. The number of benzene rings is 1.